The number of carbonyl (C=O) groups is 1. The van der Waals surface area contributed by atoms with Crippen LogP contribution in [0.1, 0.15) is 26.2 Å². The maximum Gasteiger partial charge on any atom is 0.313 e. The summed E-state index contributed by atoms with van der Waals surface area (Å²) in [6.45, 7) is 1.45. The van der Waals surface area contributed by atoms with Crippen LogP contribution in [0, 0.1) is 11.2 Å². The predicted octanol–water partition coefficient (Wildman–Crippen LogP) is 1.45. The van der Waals surface area contributed by atoms with Gasteiger partial charge in [0.1, 0.15) is 11.2 Å². The molecule has 2 atom stereocenters. The fraction of sp³-hybridized carbons (Fsp3) is 0.533. The van der Waals surface area contributed by atoms with Gasteiger partial charge in [0.05, 0.1) is 11.0 Å². The largest absolute Gasteiger partial charge is 0.481 e. The van der Waals surface area contributed by atoms with E-state index in [1.54, 1.807) is 6.92 Å². The number of hydrogen-bond acceptors (Lipinski definition) is 4. The highest BCUT2D eigenvalue weighted by atomic mass is 32.2. The first-order chi connectivity index (χ1) is 10.7. The summed E-state index contributed by atoms with van der Waals surface area (Å²) in [7, 11) is -4.01. The second-order valence-electron chi connectivity index (χ2n) is 5.81. The van der Waals surface area contributed by atoms with E-state index in [1.165, 1.54) is 12.1 Å². The number of benzene rings is 1. The number of rotatable bonds is 5. The molecule has 6 nitrogen and oxygen atoms in total. The minimum atomic E-state index is -4.01. The first kappa shape index (κ1) is 17.8. The van der Waals surface area contributed by atoms with Gasteiger partial charge in [0.15, 0.2) is 0 Å². The average Bonchev–Trinajstić information content (AvgIpc) is 2.49. The topological polar surface area (TPSA) is 94.9 Å². The minimum absolute atomic E-state index is 0.00123. The van der Waals surface area contributed by atoms with E-state index in [1.807, 2.05) is 0 Å². The zero-order valence-corrected chi connectivity index (χ0v) is 13.6. The van der Waals surface area contributed by atoms with Crippen molar-refractivity contribution in [1.29, 1.82) is 0 Å². The van der Waals surface area contributed by atoms with Crippen molar-refractivity contribution in [3.63, 3.8) is 0 Å². The molecule has 0 bridgehead atoms. The summed E-state index contributed by atoms with van der Waals surface area (Å²) in [5.74, 6) is -1.90. The number of hydrogen-bond donors (Lipinski definition) is 2. The van der Waals surface area contributed by atoms with Crippen molar-refractivity contribution in [2.24, 2.45) is 5.41 Å². The van der Waals surface area contributed by atoms with Crippen LogP contribution >= 0.6 is 0 Å². The molecule has 0 saturated carbocycles. The lowest BCUT2D eigenvalue weighted by Gasteiger charge is -2.42. The number of carboxylic acids is 1. The van der Waals surface area contributed by atoms with E-state index in [2.05, 4.69) is 0 Å². The van der Waals surface area contributed by atoms with E-state index in [0.717, 1.165) is 16.4 Å². The summed E-state index contributed by atoms with van der Waals surface area (Å²) in [6, 6.07) is 4.60. The molecule has 0 radical (unpaired) electrons. The Morgan fingerprint density at radius 3 is 2.74 bits per heavy atom. The van der Waals surface area contributed by atoms with Crippen molar-refractivity contribution in [1.82, 2.24) is 4.31 Å². The quantitative estimate of drug-likeness (QED) is 0.842. The summed E-state index contributed by atoms with van der Waals surface area (Å²) < 4.78 is 39.6. The Hall–Kier alpha value is -1.51. The van der Waals surface area contributed by atoms with Crippen molar-refractivity contribution in [3.05, 3.63) is 30.1 Å². The molecule has 128 valence electrons. The molecule has 8 heteroatoms. The lowest BCUT2D eigenvalue weighted by Crippen LogP contribution is -2.57. The standard InChI is InChI=1S/C15H20FNO5S/c1-2-7-15(14(19)20)10-17(8-6-13(15)18)23(21,22)12-5-3-4-11(16)9-12/h3-5,9,13,18H,2,6-8,10H2,1H3,(H,19,20)/t13-,15-/m0/s1. The lowest BCUT2D eigenvalue weighted by atomic mass is 9.74. The molecular weight excluding hydrogens is 325 g/mol. The lowest BCUT2D eigenvalue weighted by molar-refractivity contribution is -0.161. The number of aliphatic hydroxyl groups excluding tert-OH is 1. The van der Waals surface area contributed by atoms with E-state index in [-0.39, 0.29) is 30.8 Å². The number of halogens is 1. The van der Waals surface area contributed by atoms with Crippen LogP contribution in [0.5, 0.6) is 0 Å². The third kappa shape index (κ3) is 3.24. The minimum Gasteiger partial charge on any atom is -0.481 e. The zero-order chi connectivity index (χ0) is 17.3. The summed E-state index contributed by atoms with van der Waals surface area (Å²) >= 11 is 0. The molecule has 2 rings (SSSR count). The monoisotopic (exact) mass is 345 g/mol. The fourth-order valence-electron chi connectivity index (χ4n) is 3.03. The van der Waals surface area contributed by atoms with Crippen LogP contribution in [0.4, 0.5) is 4.39 Å². The number of aliphatic hydroxyl groups is 1. The van der Waals surface area contributed by atoms with E-state index in [4.69, 9.17) is 0 Å². The molecule has 1 fully saturated rings. The second-order valence-corrected chi connectivity index (χ2v) is 7.75. The summed E-state index contributed by atoms with van der Waals surface area (Å²) in [4.78, 5) is 11.5. The van der Waals surface area contributed by atoms with Crippen LogP contribution in [-0.4, -0.2) is 48.1 Å². The van der Waals surface area contributed by atoms with Crippen LogP contribution in [0.15, 0.2) is 29.2 Å². The first-order valence-electron chi connectivity index (χ1n) is 7.41. The number of aliphatic carboxylic acids is 1. The molecule has 1 aliphatic rings. The van der Waals surface area contributed by atoms with E-state index < -0.39 is 33.3 Å². The van der Waals surface area contributed by atoms with Gasteiger partial charge >= 0.3 is 5.97 Å². The van der Waals surface area contributed by atoms with Crippen molar-refractivity contribution in [2.75, 3.05) is 13.1 Å². The van der Waals surface area contributed by atoms with Crippen molar-refractivity contribution in [3.8, 4) is 0 Å². The molecule has 1 aliphatic heterocycles. The molecule has 2 N–H and O–H groups in total. The van der Waals surface area contributed by atoms with Crippen LogP contribution in [0.2, 0.25) is 0 Å². The summed E-state index contributed by atoms with van der Waals surface area (Å²) in [6.07, 6.45) is -0.421. The van der Waals surface area contributed by atoms with Gasteiger partial charge in [-0.2, -0.15) is 4.31 Å². The fourth-order valence-corrected chi connectivity index (χ4v) is 4.59. The third-order valence-corrected chi connectivity index (χ3v) is 6.15. The van der Waals surface area contributed by atoms with Gasteiger partial charge in [-0.1, -0.05) is 19.4 Å². The third-order valence-electron chi connectivity index (χ3n) is 4.30. The Labute approximate surface area is 134 Å². The molecule has 1 aromatic rings. The maximum absolute atomic E-state index is 13.3. The van der Waals surface area contributed by atoms with Gasteiger partial charge in [0.25, 0.3) is 0 Å². The zero-order valence-electron chi connectivity index (χ0n) is 12.8. The highest BCUT2D eigenvalue weighted by Crippen LogP contribution is 2.37. The molecule has 0 amide bonds. The smallest absolute Gasteiger partial charge is 0.313 e. The van der Waals surface area contributed by atoms with Crippen LogP contribution in [0.25, 0.3) is 0 Å². The summed E-state index contributed by atoms with van der Waals surface area (Å²) in [5, 5.41) is 19.7. The Kier molecular flexibility index (Phi) is 5.07. The van der Waals surface area contributed by atoms with Gasteiger partial charge < -0.3 is 10.2 Å². The average molecular weight is 345 g/mol. The van der Waals surface area contributed by atoms with Crippen LogP contribution < -0.4 is 0 Å². The molecule has 0 aliphatic carbocycles. The maximum atomic E-state index is 13.3. The Bertz CT molecular complexity index is 693. The Balaban J connectivity index is 2.39. The van der Waals surface area contributed by atoms with Crippen LogP contribution in [-0.2, 0) is 14.8 Å². The van der Waals surface area contributed by atoms with E-state index >= 15 is 0 Å². The highest BCUT2D eigenvalue weighted by Gasteiger charge is 2.50. The Morgan fingerprint density at radius 2 is 2.17 bits per heavy atom. The normalized spacial score (nSPS) is 26.1. The molecule has 0 aromatic heterocycles. The molecule has 23 heavy (non-hydrogen) atoms. The first-order valence-corrected chi connectivity index (χ1v) is 8.85. The second kappa shape index (κ2) is 6.54. The van der Waals surface area contributed by atoms with Gasteiger partial charge in [0, 0.05) is 13.1 Å². The molecule has 1 saturated heterocycles. The van der Waals surface area contributed by atoms with Gasteiger partial charge in [0.2, 0.25) is 10.0 Å². The molecule has 0 spiro atoms. The number of piperidine rings is 1. The predicted molar refractivity (Wildman–Crippen MR) is 80.8 cm³/mol. The van der Waals surface area contributed by atoms with E-state index in [9.17, 15) is 27.8 Å². The Morgan fingerprint density at radius 1 is 1.48 bits per heavy atom. The SMILES string of the molecule is CCC[C@]1(C(=O)O)CN(S(=O)(=O)c2cccc(F)c2)CC[C@@H]1O. The van der Waals surface area contributed by atoms with Gasteiger partial charge in [-0.15, -0.1) is 0 Å². The van der Waals surface area contributed by atoms with Gasteiger partial charge in [-0.25, -0.2) is 12.8 Å². The number of sulfonamides is 1. The van der Waals surface area contributed by atoms with Crippen LogP contribution in [0.3, 0.4) is 0 Å². The van der Waals surface area contributed by atoms with Gasteiger partial charge in [-0.3, -0.25) is 4.79 Å². The van der Waals surface area contributed by atoms with E-state index in [0.29, 0.717) is 6.42 Å². The highest BCUT2D eigenvalue weighted by molar-refractivity contribution is 7.89. The van der Waals surface area contributed by atoms with Gasteiger partial charge in [-0.05, 0) is 31.0 Å². The number of nitrogens with zero attached hydrogens (tertiary/aromatic N) is 1. The van der Waals surface area contributed by atoms with Crippen molar-refractivity contribution < 1.29 is 27.8 Å². The molecule has 0 unspecified atom stereocenters. The molecular formula is C15H20FNO5S. The molecule has 1 heterocycles. The number of carboxylic acid groups (broad SMARTS) is 1. The van der Waals surface area contributed by atoms with Crippen molar-refractivity contribution >= 4 is 16.0 Å². The summed E-state index contributed by atoms with van der Waals surface area (Å²) in [5.41, 5.74) is -1.53. The van der Waals surface area contributed by atoms with Crippen molar-refractivity contribution in [2.45, 2.75) is 37.2 Å². The molecule has 1 aromatic carbocycles.